The molecule has 6 heteroatoms. The van der Waals surface area contributed by atoms with Gasteiger partial charge in [-0.15, -0.1) is 0 Å². The number of benzene rings is 1. The standard InChI is InChI=1S/C14H21NO4S/c1-11-7-15(8-13(11)9-16)20(17,18)10-12-4-3-5-14(6-12)19-2/h3-6,11,13,16H,7-10H2,1-2H3/t11-,13+/m1/s1. The summed E-state index contributed by atoms with van der Waals surface area (Å²) < 4.78 is 31.4. The van der Waals surface area contributed by atoms with Gasteiger partial charge in [-0.2, -0.15) is 0 Å². The quantitative estimate of drug-likeness (QED) is 0.883. The van der Waals surface area contributed by atoms with Gasteiger partial charge in [-0.05, 0) is 29.5 Å². The number of aliphatic hydroxyl groups is 1. The molecule has 112 valence electrons. The Morgan fingerprint density at radius 1 is 1.40 bits per heavy atom. The molecule has 1 aliphatic heterocycles. The summed E-state index contributed by atoms with van der Waals surface area (Å²) in [5.74, 6) is 0.852. The molecule has 1 heterocycles. The van der Waals surface area contributed by atoms with Crippen molar-refractivity contribution in [3.8, 4) is 5.75 Å². The van der Waals surface area contributed by atoms with E-state index in [1.165, 1.54) is 4.31 Å². The number of nitrogens with zero attached hydrogens (tertiary/aromatic N) is 1. The Morgan fingerprint density at radius 3 is 2.75 bits per heavy atom. The fraction of sp³-hybridized carbons (Fsp3) is 0.571. The molecule has 1 N–H and O–H groups in total. The molecule has 0 radical (unpaired) electrons. The third kappa shape index (κ3) is 3.31. The first-order chi connectivity index (χ1) is 9.46. The van der Waals surface area contributed by atoms with Crippen LogP contribution in [0.4, 0.5) is 0 Å². The van der Waals surface area contributed by atoms with Crippen LogP contribution in [0.15, 0.2) is 24.3 Å². The molecule has 1 aromatic carbocycles. The number of methoxy groups -OCH3 is 1. The third-order valence-corrected chi connectivity index (χ3v) is 5.63. The molecule has 5 nitrogen and oxygen atoms in total. The van der Waals surface area contributed by atoms with Crippen molar-refractivity contribution in [2.45, 2.75) is 12.7 Å². The number of hydrogen-bond donors (Lipinski definition) is 1. The molecule has 20 heavy (non-hydrogen) atoms. The second-order valence-electron chi connectivity index (χ2n) is 5.34. The minimum Gasteiger partial charge on any atom is -0.497 e. The number of hydrogen-bond acceptors (Lipinski definition) is 4. The molecule has 1 fully saturated rings. The third-order valence-electron chi connectivity index (χ3n) is 3.85. The Labute approximate surface area is 120 Å². The first kappa shape index (κ1) is 15.3. The van der Waals surface area contributed by atoms with Crippen molar-refractivity contribution in [2.24, 2.45) is 11.8 Å². The van der Waals surface area contributed by atoms with Crippen molar-refractivity contribution in [2.75, 3.05) is 26.8 Å². The molecule has 1 saturated heterocycles. The Balaban J connectivity index is 2.11. The first-order valence-electron chi connectivity index (χ1n) is 6.68. The smallest absolute Gasteiger partial charge is 0.218 e. The monoisotopic (exact) mass is 299 g/mol. The molecule has 0 amide bonds. The van der Waals surface area contributed by atoms with E-state index in [9.17, 15) is 13.5 Å². The predicted octanol–water partition coefficient (Wildman–Crippen LogP) is 1.09. The molecule has 0 bridgehead atoms. The summed E-state index contributed by atoms with van der Waals surface area (Å²) in [4.78, 5) is 0. The van der Waals surface area contributed by atoms with Gasteiger partial charge in [-0.3, -0.25) is 0 Å². The van der Waals surface area contributed by atoms with Crippen LogP contribution in [0.2, 0.25) is 0 Å². The average molecular weight is 299 g/mol. The van der Waals surface area contributed by atoms with Crippen LogP contribution >= 0.6 is 0 Å². The lowest BCUT2D eigenvalue weighted by molar-refractivity contribution is 0.210. The Hall–Kier alpha value is -1.11. The van der Waals surface area contributed by atoms with Crippen molar-refractivity contribution in [3.05, 3.63) is 29.8 Å². The van der Waals surface area contributed by atoms with E-state index in [0.29, 0.717) is 24.4 Å². The second-order valence-corrected chi connectivity index (χ2v) is 7.31. The average Bonchev–Trinajstić information content (AvgIpc) is 2.80. The molecule has 2 rings (SSSR count). The minimum absolute atomic E-state index is 0.0327. The lowest BCUT2D eigenvalue weighted by Crippen LogP contribution is -2.30. The van der Waals surface area contributed by atoms with Crippen LogP contribution in [0.1, 0.15) is 12.5 Å². The van der Waals surface area contributed by atoms with Crippen molar-refractivity contribution in [1.29, 1.82) is 0 Å². The highest BCUT2D eigenvalue weighted by Gasteiger charge is 2.35. The normalized spacial score (nSPS) is 23.9. The molecule has 1 aliphatic rings. The van der Waals surface area contributed by atoms with Gasteiger partial charge in [0.2, 0.25) is 10.0 Å². The van der Waals surface area contributed by atoms with Crippen LogP contribution < -0.4 is 4.74 Å². The van der Waals surface area contributed by atoms with Crippen molar-refractivity contribution >= 4 is 10.0 Å². The zero-order valence-corrected chi connectivity index (χ0v) is 12.6. The molecule has 0 unspecified atom stereocenters. The summed E-state index contributed by atoms with van der Waals surface area (Å²) in [6.07, 6.45) is 0. The maximum absolute atomic E-state index is 12.4. The molecule has 0 spiro atoms. The minimum atomic E-state index is -3.35. The topological polar surface area (TPSA) is 66.8 Å². The lowest BCUT2D eigenvalue weighted by Gasteiger charge is -2.16. The van der Waals surface area contributed by atoms with E-state index >= 15 is 0 Å². The number of sulfonamides is 1. The van der Waals surface area contributed by atoms with Crippen LogP contribution in [0.25, 0.3) is 0 Å². The van der Waals surface area contributed by atoms with Gasteiger partial charge in [0, 0.05) is 19.7 Å². The first-order valence-corrected chi connectivity index (χ1v) is 8.29. The SMILES string of the molecule is COc1cccc(CS(=O)(=O)N2C[C@@H](CO)[C@H](C)C2)c1. The van der Waals surface area contributed by atoms with Crippen molar-refractivity contribution in [1.82, 2.24) is 4.31 Å². The van der Waals surface area contributed by atoms with E-state index in [1.54, 1.807) is 31.4 Å². The summed E-state index contributed by atoms with van der Waals surface area (Å²) >= 11 is 0. The van der Waals surface area contributed by atoms with Gasteiger partial charge in [0.1, 0.15) is 5.75 Å². The maximum atomic E-state index is 12.4. The number of ether oxygens (including phenoxy) is 1. The molecule has 0 aromatic heterocycles. The van der Waals surface area contributed by atoms with Crippen LogP contribution in [-0.4, -0.2) is 44.6 Å². The Kier molecular flexibility index (Phi) is 4.67. The van der Waals surface area contributed by atoms with E-state index < -0.39 is 10.0 Å². The summed E-state index contributed by atoms with van der Waals surface area (Å²) in [6.45, 7) is 2.90. The summed E-state index contributed by atoms with van der Waals surface area (Å²) in [5, 5.41) is 9.24. The highest BCUT2D eigenvalue weighted by atomic mass is 32.2. The molecule has 0 aliphatic carbocycles. The van der Waals surface area contributed by atoms with Gasteiger partial charge in [-0.25, -0.2) is 12.7 Å². The van der Waals surface area contributed by atoms with E-state index in [2.05, 4.69) is 0 Å². The lowest BCUT2D eigenvalue weighted by atomic mass is 10.00. The summed E-state index contributed by atoms with van der Waals surface area (Å²) in [5.41, 5.74) is 0.712. The molecule has 2 atom stereocenters. The highest BCUT2D eigenvalue weighted by molar-refractivity contribution is 7.88. The van der Waals surface area contributed by atoms with Crippen LogP contribution in [0.5, 0.6) is 5.75 Å². The van der Waals surface area contributed by atoms with Crippen LogP contribution in [-0.2, 0) is 15.8 Å². The van der Waals surface area contributed by atoms with Gasteiger partial charge >= 0.3 is 0 Å². The van der Waals surface area contributed by atoms with Crippen molar-refractivity contribution < 1.29 is 18.3 Å². The fourth-order valence-corrected chi connectivity index (χ4v) is 4.18. The molecule has 0 saturated carbocycles. The van der Waals surface area contributed by atoms with E-state index in [-0.39, 0.29) is 24.2 Å². The Morgan fingerprint density at radius 2 is 2.15 bits per heavy atom. The van der Waals surface area contributed by atoms with Gasteiger partial charge in [0.05, 0.1) is 12.9 Å². The fourth-order valence-electron chi connectivity index (χ4n) is 2.52. The predicted molar refractivity (Wildman–Crippen MR) is 76.9 cm³/mol. The molecule has 1 aromatic rings. The van der Waals surface area contributed by atoms with Crippen LogP contribution in [0, 0.1) is 11.8 Å². The van der Waals surface area contributed by atoms with Gasteiger partial charge in [0.25, 0.3) is 0 Å². The number of aliphatic hydroxyl groups excluding tert-OH is 1. The number of rotatable bonds is 5. The molecular weight excluding hydrogens is 278 g/mol. The summed E-state index contributed by atoms with van der Waals surface area (Å²) in [6, 6.07) is 7.09. The largest absolute Gasteiger partial charge is 0.497 e. The van der Waals surface area contributed by atoms with Crippen molar-refractivity contribution in [3.63, 3.8) is 0 Å². The van der Waals surface area contributed by atoms with Gasteiger partial charge < -0.3 is 9.84 Å². The van der Waals surface area contributed by atoms with E-state index in [0.717, 1.165) is 0 Å². The molecular formula is C14H21NO4S. The second kappa shape index (κ2) is 6.11. The summed E-state index contributed by atoms with van der Waals surface area (Å²) in [7, 11) is -1.79. The Bertz CT molecular complexity index is 558. The maximum Gasteiger partial charge on any atom is 0.218 e. The van der Waals surface area contributed by atoms with E-state index in [1.807, 2.05) is 6.92 Å². The van der Waals surface area contributed by atoms with Gasteiger partial charge in [0.15, 0.2) is 0 Å². The zero-order chi connectivity index (χ0) is 14.8. The van der Waals surface area contributed by atoms with Gasteiger partial charge in [-0.1, -0.05) is 19.1 Å². The van der Waals surface area contributed by atoms with Crippen LogP contribution in [0.3, 0.4) is 0 Å². The van der Waals surface area contributed by atoms with E-state index in [4.69, 9.17) is 4.74 Å². The highest BCUT2D eigenvalue weighted by Crippen LogP contribution is 2.26. The zero-order valence-electron chi connectivity index (χ0n) is 11.8.